The molecule has 0 aromatic heterocycles. The summed E-state index contributed by atoms with van der Waals surface area (Å²) in [5.74, 6) is -1.43. The molecule has 0 spiro atoms. The Kier molecular flexibility index (Phi) is 3.87. The summed E-state index contributed by atoms with van der Waals surface area (Å²) < 4.78 is 0. The lowest BCUT2D eigenvalue weighted by Crippen LogP contribution is -2.54. The summed E-state index contributed by atoms with van der Waals surface area (Å²) in [5.41, 5.74) is 1.75. The molecule has 24 heavy (non-hydrogen) atoms. The Balaban J connectivity index is 2.03. The Morgan fingerprint density at radius 1 is 1.00 bits per heavy atom. The predicted octanol–water partition coefficient (Wildman–Crippen LogP) is 2.37. The largest absolute Gasteiger partial charge is 0.508 e. The van der Waals surface area contributed by atoms with Gasteiger partial charge in [-0.05, 0) is 48.4 Å². The number of phenols is 1. The van der Waals surface area contributed by atoms with E-state index in [4.69, 9.17) is 0 Å². The number of rotatable bonds is 2. The molecule has 1 fully saturated rings. The van der Waals surface area contributed by atoms with Crippen molar-refractivity contribution < 1.29 is 19.5 Å². The van der Waals surface area contributed by atoms with Crippen LogP contribution in [0, 0.1) is 6.92 Å². The molecule has 1 aliphatic rings. The molecule has 1 aliphatic heterocycles. The number of amides is 4. The lowest BCUT2D eigenvalue weighted by molar-refractivity contribution is -0.122. The van der Waals surface area contributed by atoms with Crippen molar-refractivity contribution in [2.24, 2.45) is 0 Å². The van der Waals surface area contributed by atoms with Crippen molar-refractivity contribution >= 4 is 29.6 Å². The van der Waals surface area contributed by atoms with Gasteiger partial charge in [-0.1, -0.05) is 24.3 Å². The second kappa shape index (κ2) is 6.00. The van der Waals surface area contributed by atoms with Gasteiger partial charge in [0.05, 0.1) is 5.69 Å². The number of aromatic hydroxyl groups is 1. The summed E-state index contributed by atoms with van der Waals surface area (Å²) in [6, 6.07) is 12.0. The van der Waals surface area contributed by atoms with Gasteiger partial charge in [-0.25, -0.2) is 9.69 Å². The first-order chi connectivity index (χ1) is 11.5. The third kappa shape index (κ3) is 2.77. The third-order valence-electron chi connectivity index (χ3n) is 3.70. The molecule has 2 N–H and O–H groups in total. The lowest BCUT2D eigenvalue weighted by atomic mass is 10.0. The fourth-order valence-electron chi connectivity index (χ4n) is 2.40. The number of carbonyl (C=O) groups excluding carboxylic acids is 3. The number of hydrogen-bond acceptors (Lipinski definition) is 4. The summed E-state index contributed by atoms with van der Waals surface area (Å²) in [7, 11) is 0. The van der Waals surface area contributed by atoms with E-state index >= 15 is 0 Å². The SMILES string of the molecule is Cc1ccccc1/C=C1\C(=O)NC(=O)N(c2ccc(O)cc2)C1=O. The number of carbonyl (C=O) groups is 3. The summed E-state index contributed by atoms with van der Waals surface area (Å²) >= 11 is 0. The highest BCUT2D eigenvalue weighted by atomic mass is 16.3. The van der Waals surface area contributed by atoms with Gasteiger partial charge in [0.15, 0.2) is 0 Å². The van der Waals surface area contributed by atoms with E-state index in [2.05, 4.69) is 5.32 Å². The van der Waals surface area contributed by atoms with E-state index in [1.54, 1.807) is 12.1 Å². The van der Waals surface area contributed by atoms with Crippen molar-refractivity contribution in [1.82, 2.24) is 5.32 Å². The fraction of sp³-hybridized carbons (Fsp3) is 0.0556. The van der Waals surface area contributed by atoms with E-state index in [9.17, 15) is 19.5 Å². The molecule has 0 aliphatic carbocycles. The quantitative estimate of drug-likeness (QED) is 0.656. The number of barbiturate groups is 1. The van der Waals surface area contributed by atoms with Gasteiger partial charge < -0.3 is 5.11 Å². The molecule has 0 bridgehead atoms. The van der Waals surface area contributed by atoms with Crippen LogP contribution in [0.25, 0.3) is 6.08 Å². The van der Waals surface area contributed by atoms with Crippen molar-refractivity contribution in [1.29, 1.82) is 0 Å². The molecule has 120 valence electrons. The van der Waals surface area contributed by atoms with Gasteiger partial charge in [0.25, 0.3) is 11.8 Å². The Bertz CT molecular complexity index is 869. The zero-order valence-electron chi connectivity index (χ0n) is 12.8. The minimum atomic E-state index is -0.822. The Labute approximate surface area is 138 Å². The van der Waals surface area contributed by atoms with Gasteiger partial charge >= 0.3 is 6.03 Å². The molecule has 0 saturated carbocycles. The van der Waals surface area contributed by atoms with Gasteiger partial charge in [-0.3, -0.25) is 14.9 Å². The second-order valence-electron chi connectivity index (χ2n) is 5.33. The van der Waals surface area contributed by atoms with Gasteiger partial charge in [0.1, 0.15) is 11.3 Å². The van der Waals surface area contributed by atoms with E-state index in [0.29, 0.717) is 0 Å². The fourth-order valence-corrected chi connectivity index (χ4v) is 2.40. The first kappa shape index (κ1) is 15.5. The summed E-state index contributed by atoms with van der Waals surface area (Å²) in [6.07, 6.45) is 1.47. The van der Waals surface area contributed by atoms with E-state index in [0.717, 1.165) is 16.0 Å². The topological polar surface area (TPSA) is 86.7 Å². The molecule has 3 rings (SSSR count). The summed E-state index contributed by atoms with van der Waals surface area (Å²) in [5, 5.41) is 11.5. The molecule has 0 radical (unpaired) electrons. The van der Waals surface area contributed by atoms with E-state index in [1.807, 2.05) is 19.1 Å². The van der Waals surface area contributed by atoms with E-state index in [-0.39, 0.29) is 17.0 Å². The molecule has 0 atom stereocenters. The molecule has 1 saturated heterocycles. The van der Waals surface area contributed by atoms with Crippen LogP contribution < -0.4 is 10.2 Å². The van der Waals surface area contributed by atoms with Crippen LogP contribution in [0.4, 0.5) is 10.5 Å². The van der Waals surface area contributed by atoms with Crippen molar-refractivity contribution in [3.63, 3.8) is 0 Å². The van der Waals surface area contributed by atoms with Crippen molar-refractivity contribution in [2.75, 3.05) is 4.90 Å². The molecule has 0 unspecified atom stereocenters. The molecule has 2 aromatic carbocycles. The second-order valence-corrected chi connectivity index (χ2v) is 5.33. The van der Waals surface area contributed by atoms with Crippen molar-refractivity contribution in [3.05, 3.63) is 65.2 Å². The predicted molar refractivity (Wildman–Crippen MR) is 88.3 cm³/mol. The molecule has 2 aromatic rings. The Morgan fingerprint density at radius 3 is 2.33 bits per heavy atom. The lowest BCUT2D eigenvalue weighted by Gasteiger charge is -2.26. The molecular weight excluding hydrogens is 308 g/mol. The number of hydrogen-bond donors (Lipinski definition) is 2. The van der Waals surface area contributed by atoms with E-state index < -0.39 is 17.8 Å². The van der Waals surface area contributed by atoms with Crippen LogP contribution in [0.15, 0.2) is 54.1 Å². The van der Waals surface area contributed by atoms with Crippen LogP contribution in [-0.4, -0.2) is 23.0 Å². The minimum absolute atomic E-state index is 0.00960. The molecular formula is C18H14N2O4. The standard InChI is InChI=1S/C18H14N2O4/c1-11-4-2-3-5-12(11)10-15-16(22)19-18(24)20(17(15)23)13-6-8-14(21)9-7-13/h2-10,21H,1H3,(H,19,22,24)/b15-10+. The van der Waals surface area contributed by atoms with Crippen molar-refractivity contribution in [2.45, 2.75) is 6.92 Å². The summed E-state index contributed by atoms with van der Waals surface area (Å²) in [4.78, 5) is 37.6. The Hall–Kier alpha value is -3.41. The molecule has 1 heterocycles. The average Bonchev–Trinajstić information content (AvgIpc) is 2.54. The smallest absolute Gasteiger partial charge is 0.335 e. The van der Waals surface area contributed by atoms with Gasteiger partial charge in [-0.2, -0.15) is 0 Å². The van der Waals surface area contributed by atoms with Crippen LogP contribution in [0.5, 0.6) is 5.75 Å². The highest BCUT2D eigenvalue weighted by Gasteiger charge is 2.36. The van der Waals surface area contributed by atoms with Crippen LogP contribution in [0.3, 0.4) is 0 Å². The summed E-state index contributed by atoms with van der Waals surface area (Å²) in [6.45, 7) is 1.86. The van der Waals surface area contributed by atoms with Crippen LogP contribution in [0.2, 0.25) is 0 Å². The number of anilines is 1. The van der Waals surface area contributed by atoms with Gasteiger partial charge in [0, 0.05) is 0 Å². The number of nitrogens with one attached hydrogen (secondary N) is 1. The zero-order valence-corrected chi connectivity index (χ0v) is 12.8. The Morgan fingerprint density at radius 2 is 1.67 bits per heavy atom. The maximum atomic E-state index is 12.7. The highest BCUT2D eigenvalue weighted by molar-refractivity contribution is 6.39. The number of benzene rings is 2. The number of imide groups is 2. The van der Waals surface area contributed by atoms with Gasteiger partial charge in [-0.15, -0.1) is 0 Å². The number of phenolic OH excluding ortho intramolecular Hbond substituents is 1. The molecule has 6 nitrogen and oxygen atoms in total. The van der Waals surface area contributed by atoms with Crippen LogP contribution in [-0.2, 0) is 9.59 Å². The molecule has 6 heteroatoms. The monoisotopic (exact) mass is 322 g/mol. The van der Waals surface area contributed by atoms with Gasteiger partial charge in [0.2, 0.25) is 0 Å². The van der Waals surface area contributed by atoms with Crippen molar-refractivity contribution in [3.8, 4) is 5.75 Å². The number of aryl methyl sites for hydroxylation is 1. The maximum Gasteiger partial charge on any atom is 0.335 e. The number of urea groups is 1. The third-order valence-corrected chi connectivity index (χ3v) is 3.70. The highest BCUT2D eigenvalue weighted by Crippen LogP contribution is 2.24. The van der Waals surface area contributed by atoms with Crippen LogP contribution >= 0.6 is 0 Å². The maximum absolute atomic E-state index is 12.7. The zero-order chi connectivity index (χ0) is 17.3. The first-order valence-corrected chi connectivity index (χ1v) is 7.23. The first-order valence-electron chi connectivity index (χ1n) is 7.23. The minimum Gasteiger partial charge on any atom is -0.508 e. The van der Waals surface area contributed by atoms with E-state index in [1.165, 1.54) is 30.3 Å². The average molecular weight is 322 g/mol. The van der Waals surface area contributed by atoms with Crippen LogP contribution in [0.1, 0.15) is 11.1 Å². The number of nitrogens with zero attached hydrogens (tertiary/aromatic N) is 1. The molecule has 4 amide bonds. The normalized spacial score (nSPS) is 16.5.